The monoisotopic (exact) mass is 200 g/mol. The molecular formula is C9H16N2OS. The van der Waals surface area contributed by atoms with Gasteiger partial charge in [-0.2, -0.15) is 0 Å². The molecule has 0 aliphatic rings. The van der Waals surface area contributed by atoms with Gasteiger partial charge in [0.15, 0.2) is 0 Å². The molecule has 0 fully saturated rings. The van der Waals surface area contributed by atoms with Crippen LogP contribution >= 0.6 is 11.3 Å². The molecule has 0 aromatic carbocycles. The van der Waals surface area contributed by atoms with Crippen molar-refractivity contribution in [3.63, 3.8) is 0 Å². The van der Waals surface area contributed by atoms with E-state index in [1.54, 1.807) is 11.3 Å². The van der Waals surface area contributed by atoms with Gasteiger partial charge in [0.2, 0.25) is 0 Å². The molecule has 13 heavy (non-hydrogen) atoms. The molecule has 1 rings (SSSR count). The highest BCUT2D eigenvalue weighted by Gasteiger charge is 2.15. The Morgan fingerprint density at radius 3 is 2.77 bits per heavy atom. The highest BCUT2D eigenvalue weighted by molar-refractivity contribution is 7.07. The summed E-state index contributed by atoms with van der Waals surface area (Å²) in [6.45, 7) is 5.08. The molecule has 3 nitrogen and oxygen atoms in total. The van der Waals surface area contributed by atoms with Gasteiger partial charge in [0.1, 0.15) is 0 Å². The van der Waals surface area contributed by atoms with Gasteiger partial charge in [0, 0.05) is 18.5 Å². The molecular weight excluding hydrogens is 184 g/mol. The van der Waals surface area contributed by atoms with Crippen LogP contribution < -0.4 is 0 Å². The zero-order chi connectivity index (χ0) is 9.90. The molecule has 1 aromatic heterocycles. The maximum absolute atomic E-state index is 9.56. The van der Waals surface area contributed by atoms with Gasteiger partial charge in [-0.05, 0) is 20.9 Å². The lowest BCUT2D eigenvalue weighted by molar-refractivity contribution is 0.0422. The van der Waals surface area contributed by atoms with Gasteiger partial charge in [-0.25, -0.2) is 4.98 Å². The smallest absolute Gasteiger partial charge is 0.0795 e. The van der Waals surface area contributed by atoms with Crippen LogP contribution in [-0.4, -0.2) is 34.2 Å². The summed E-state index contributed by atoms with van der Waals surface area (Å²) < 4.78 is 0. The summed E-state index contributed by atoms with van der Waals surface area (Å²) in [5.74, 6) is 0. The lowest BCUT2D eigenvalue weighted by atomic mass is 10.1. The third-order valence-electron chi connectivity index (χ3n) is 1.57. The van der Waals surface area contributed by atoms with Crippen molar-refractivity contribution in [3.05, 3.63) is 16.6 Å². The second kappa shape index (κ2) is 4.17. The van der Waals surface area contributed by atoms with E-state index in [1.165, 1.54) is 0 Å². The van der Waals surface area contributed by atoms with Crippen LogP contribution in [0.2, 0.25) is 0 Å². The fourth-order valence-electron chi connectivity index (χ4n) is 1.31. The van der Waals surface area contributed by atoms with Crippen molar-refractivity contribution in [3.8, 4) is 0 Å². The lowest BCUT2D eigenvalue weighted by Crippen LogP contribution is -2.35. The lowest BCUT2D eigenvalue weighted by Gasteiger charge is -2.24. The van der Waals surface area contributed by atoms with Crippen LogP contribution in [0.15, 0.2) is 10.9 Å². The molecule has 0 aliphatic heterocycles. The fourth-order valence-corrected chi connectivity index (χ4v) is 1.86. The van der Waals surface area contributed by atoms with Gasteiger partial charge < -0.3 is 5.11 Å². The minimum absolute atomic E-state index is 0.634. The molecule has 0 saturated heterocycles. The molecule has 0 aliphatic carbocycles. The Hall–Kier alpha value is -0.450. The second-order valence-corrected chi connectivity index (χ2v) is 4.68. The number of thiazole rings is 1. The van der Waals surface area contributed by atoms with Crippen LogP contribution in [0.3, 0.4) is 0 Å². The Bertz CT molecular complexity index is 241. The zero-order valence-corrected chi connectivity index (χ0v) is 9.14. The van der Waals surface area contributed by atoms with E-state index in [4.69, 9.17) is 0 Å². The normalized spacial score (nSPS) is 12.4. The predicted octanol–water partition coefficient (Wildman–Crippen LogP) is 1.35. The maximum Gasteiger partial charge on any atom is 0.0795 e. The molecule has 0 unspecified atom stereocenters. The second-order valence-electron chi connectivity index (χ2n) is 3.96. The van der Waals surface area contributed by atoms with Gasteiger partial charge in [-0.3, -0.25) is 4.90 Å². The summed E-state index contributed by atoms with van der Waals surface area (Å²) in [6.07, 6.45) is 0. The van der Waals surface area contributed by atoms with Gasteiger partial charge in [0.25, 0.3) is 0 Å². The Morgan fingerprint density at radius 2 is 2.31 bits per heavy atom. The largest absolute Gasteiger partial charge is 0.389 e. The molecule has 1 heterocycles. The molecule has 1 aromatic rings. The number of aromatic nitrogens is 1. The minimum atomic E-state index is -0.634. The number of likely N-dealkylation sites (N-methyl/N-ethyl adjacent to an activating group) is 1. The standard InChI is InChI=1S/C9H16N2OS/c1-9(2,12)6-11(3)4-8-5-13-7-10-8/h5,7,12H,4,6H2,1-3H3. The highest BCUT2D eigenvalue weighted by Crippen LogP contribution is 2.08. The SMILES string of the molecule is CN(Cc1cscn1)CC(C)(C)O. The van der Waals surface area contributed by atoms with Crippen LogP contribution in [0.25, 0.3) is 0 Å². The average Bonchev–Trinajstić information content (AvgIpc) is 2.34. The van der Waals surface area contributed by atoms with Crippen LogP contribution in [0.1, 0.15) is 19.5 Å². The molecule has 0 atom stereocenters. The topological polar surface area (TPSA) is 36.4 Å². The van der Waals surface area contributed by atoms with Crippen LogP contribution in [0.4, 0.5) is 0 Å². The number of nitrogens with zero attached hydrogens (tertiary/aromatic N) is 2. The van der Waals surface area contributed by atoms with Crippen LogP contribution in [0, 0.1) is 0 Å². The molecule has 0 bridgehead atoms. The average molecular weight is 200 g/mol. The summed E-state index contributed by atoms with van der Waals surface area (Å²) in [6, 6.07) is 0. The summed E-state index contributed by atoms with van der Waals surface area (Å²) in [4.78, 5) is 6.25. The number of hydrogen-bond acceptors (Lipinski definition) is 4. The first-order valence-electron chi connectivity index (χ1n) is 4.25. The zero-order valence-electron chi connectivity index (χ0n) is 8.32. The Morgan fingerprint density at radius 1 is 1.62 bits per heavy atom. The highest BCUT2D eigenvalue weighted by atomic mass is 32.1. The van der Waals surface area contributed by atoms with Crippen molar-refractivity contribution >= 4 is 11.3 Å². The first kappa shape index (κ1) is 10.6. The molecule has 1 N–H and O–H groups in total. The minimum Gasteiger partial charge on any atom is -0.389 e. The molecule has 74 valence electrons. The van der Waals surface area contributed by atoms with Crippen molar-refractivity contribution in [1.82, 2.24) is 9.88 Å². The van der Waals surface area contributed by atoms with Gasteiger partial charge in [-0.1, -0.05) is 0 Å². The van der Waals surface area contributed by atoms with E-state index in [0.29, 0.717) is 6.54 Å². The van der Waals surface area contributed by atoms with Crippen molar-refractivity contribution in [1.29, 1.82) is 0 Å². The Balaban J connectivity index is 2.38. The van der Waals surface area contributed by atoms with Gasteiger partial charge in [0.05, 0.1) is 16.8 Å². The van der Waals surface area contributed by atoms with Crippen molar-refractivity contribution in [2.75, 3.05) is 13.6 Å². The first-order valence-corrected chi connectivity index (χ1v) is 5.20. The molecule has 0 spiro atoms. The molecule has 4 heteroatoms. The predicted molar refractivity (Wildman–Crippen MR) is 54.7 cm³/mol. The number of rotatable bonds is 4. The van der Waals surface area contributed by atoms with Crippen LogP contribution in [0.5, 0.6) is 0 Å². The maximum atomic E-state index is 9.56. The summed E-state index contributed by atoms with van der Waals surface area (Å²) in [5, 5.41) is 11.6. The number of hydrogen-bond donors (Lipinski definition) is 1. The van der Waals surface area contributed by atoms with E-state index in [9.17, 15) is 5.11 Å². The van der Waals surface area contributed by atoms with E-state index in [1.807, 2.05) is 31.8 Å². The molecule has 0 saturated carbocycles. The third-order valence-corrected chi connectivity index (χ3v) is 2.21. The fraction of sp³-hybridized carbons (Fsp3) is 0.667. The van der Waals surface area contributed by atoms with Gasteiger partial charge in [-0.15, -0.1) is 11.3 Å². The quantitative estimate of drug-likeness (QED) is 0.797. The summed E-state index contributed by atoms with van der Waals surface area (Å²) >= 11 is 1.60. The van der Waals surface area contributed by atoms with Gasteiger partial charge >= 0.3 is 0 Å². The van der Waals surface area contributed by atoms with E-state index < -0.39 is 5.60 Å². The van der Waals surface area contributed by atoms with Crippen molar-refractivity contribution < 1.29 is 5.11 Å². The number of aliphatic hydroxyl groups is 1. The summed E-state index contributed by atoms with van der Waals surface area (Å²) in [5.41, 5.74) is 2.26. The molecule has 0 radical (unpaired) electrons. The summed E-state index contributed by atoms with van der Waals surface area (Å²) in [7, 11) is 1.98. The van der Waals surface area contributed by atoms with Crippen molar-refractivity contribution in [2.24, 2.45) is 0 Å². The Kier molecular flexibility index (Phi) is 3.41. The first-order chi connectivity index (χ1) is 5.97. The van der Waals surface area contributed by atoms with Crippen LogP contribution in [-0.2, 0) is 6.54 Å². The third kappa shape index (κ3) is 4.36. The van der Waals surface area contributed by atoms with E-state index in [-0.39, 0.29) is 0 Å². The van der Waals surface area contributed by atoms with E-state index >= 15 is 0 Å². The van der Waals surface area contributed by atoms with Crippen molar-refractivity contribution in [2.45, 2.75) is 26.0 Å². The molecule has 0 amide bonds. The van der Waals surface area contributed by atoms with E-state index in [0.717, 1.165) is 12.2 Å². The van der Waals surface area contributed by atoms with E-state index in [2.05, 4.69) is 9.88 Å². The Labute approximate surface area is 83.0 Å².